The number of aromatic nitrogens is 2. The predicted octanol–water partition coefficient (Wildman–Crippen LogP) is 1.17. The molecule has 0 spiro atoms. The van der Waals surface area contributed by atoms with Crippen molar-refractivity contribution in [1.82, 2.24) is 20.0 Å². The average molecular weight is 236 g/mol. The Morgan fingerprint density at radius 1 is 1.47 bits per heavy atom. The lowest BCUT2D eigenvalue weighted by molar-refractivity contribution is 0.0825. The second kappa shape index (κ2) is 4.78. The summed E-state index contributed by atoms with van der Waals surface area (Å²) in [5, 5.41) is 7.98. The van der Waals surface area contributed by atoms with Crippen LogP contribution in [0.15, 0.2) is 6.20 Å². The molecule has 0 saturated carbocycles. The fourth-order valence-electron chi connectivity index (χ4n) is 2.53. The number of piperazine rings is 1. The second-order valence-electron chi connectivity index (χ2n) is 5.54. The van der Waals surface area contributed by atoms with E-state index in [1.807, 2.05) is 11.7 Å². The quantitative estimate of drug-likeness (QED) is 0.855. The van der Waals surface area contributed by atoms with Crippen LogP contribution in [0.25, 0.3) is 0 Å². The van der Waals surface area contributed by atoms with Crippen LogP contribution in [0.2, 0.25) is 0 Å². The van der Waals surface area contributed by atoms with Gasteiger partial charge in [-0.05, 0) is 20.3 Å². The fraction of sp³-hybridized carbons (Fsp3) is 0.769. The van der Waals surface area contributed by atoms with E-state index in [0.29, 0.717) is 0 Å². The molecule has 17 heavy (non-hydrogen) atoms. The van der Waals surface area contributed by atoms with Crippen molar-refractivity contribution >= 4 is 0 Å². The van der Waals surface area contributed by atoms with Crippen molar-refractivity contribution in [2.75, 3.05) is 19.6 Å². The molecular weight excluding hydrogens is 212 g/mol. The monoisotopic (exact) mass is 236 g/mol. The largest absolute Gasteiger partial charge is 0.314 e. The standard InChI is InChI=1S/C13H24N4/c1-5-12-11(8-16(4)15-12)9-17-7-6-14-10-13(17,2)3/h8,14H,5-7,9-10H2,1-4H3. The predicted molar refractivity (Wildman–Crippen MR) is 69.9 cm³/mol. The highest BCUT2D eigenvalue weighted by molar-refractivity contribution is 5.17. The summed E-state index contributed by atoms with van der Waals surface area (Å²) in [6.07, 6.45) is 3.18. The molecule has 1 aromatic heterocycles. The molecule has 1 fully saturated rings. The minimum atomic E-state index is 0.235. The molecule has 0 aliphatic carbocycles. The van der Waals surface area contributed by atoms with Crippen LogP contribution in [0.5, 0.6) is 0 Å². The Hall–Kier alpha value is -0.870. The van der Waals surface area contributed by atoms with E-state index in [1.54, 1.807) is 0 Å². The molecule has 1 aromatic rings. The van der Waals surface area contributed by atoms with Crippen LogP contribution in [-0.4, -0.2) is 39.9 Å². The number of nitrogens with zero attached hydrogens (tertiary/aromatic N) is 3. The zero-order valence-electron chi connectivity index (χ0n) is 11.5. The topological polar surface area (TPSA) is 33.1 Å². The van der Waals surface area contributed by atoms with Crippen molar-refractivity contribution < 1.29 is 0 Å². The smallest absolute Gasteiger partial charge is 0.0666 e. The summed E-state index contributed by atoms with van der Waals surface area (Å²) in [6.45, 7) is 11.1. The maximum absolute atomic E-state index is 4.52. The molecule has 4 heteroatoms. The lowest BCUT2D eigenvalue weighted by atomic mass is 9.99. The Bertz CT molecular complexity index is 381. The molecule has 96 valence electrons. The normalized spacial score (nSPS) is 20.7. The van der Waals surface area contributed by atoms with Gasteiger partial charge in [-0.2, -0.15) is 5.10 Å². The molecule has 4 nitrogen and oxygen atoms in total. The summed E-state index contributed by atoms with van der Waals surface area (Å²) in [4.78, 5) is 2.56. The number of rotatable bonds is 3. The van der Waals surface area contributed by atoms with Crippen LogP contribution in [0.1, 0.15) is 32.0 Å². The average Bonchev–Trinajstić information content (AvgIpc) is 2.62. The maximum Gasteiger partial charge on any atom is 0.0666 e. The number of nitrogens with one attached hydrogen (secondary N) is 1. The molecule has 0 radical (unpaired) electrons. The van der Waals surface area contributed by atoms with E-state index < -0.39 is 0 Å². The van der Waals surface area contributed by atoms with Crippen LogP contribution < -0.4 is 5.32 Å². The van der Waals surface area contributed by atoms with Crippen LogP contribution in [0, 0.1) is 0 Å². The van der Waals surface area contributed by atoms with Crippen molar-refractivity contribution in [3.8, 4) is 0 Å². The number of hydrogen-bond donors (Lipinski definition) is 1. The van der Waals surface area contributed by atoms with E-state index in [9.17, 15) is 0 Å². The Labute approximate surface area is 104 Å². The summed E-state index contributed by atoms with van der Waals surface area (Å²) in [5.41, 5.74) is 2.85. The minimum absolute atomic E-state index is 0.235. The molecule has 1 N–H and O–H groups in total. The van der Waals surface area contributed by atoms with Gasteiger partial charge in [0.2, 0.25) is 0 Å². The van der Waals surface area contributed by atoms with Gasteiger partial charge < -0.3 is 5.32 Å². The van der Waals surface area contributed by atoms with Gasteiger partial charge in [0.15, 0.2) is 0 Å². The zero-order valence-corrected chi connectivity index (χ0v) is 11.5. The highest BCUT2D eigenvalue weighted by atomic mass is 15.3. The first-order valence-electron chi connectivity index (χ1n) is 6.50. The van der Waals surface area contributed by atoms with Crippen LogP contribution in [-0.2, 0) is 20.0 Å². The highest BCUT2D eigenvalue weighted by Crippen LogP contribution is 2.20. The summed E-state index contributed by atoms with van der Waals surface area (Å²) < 4.78 is 1.93. The Balaban J connectivity index is 2.13. The van der Waals surface area contributed by atoms with Gasteiger partial charge in [-0.3, -0.25) is 9.58 Å². The minimum Gasteiger partial charge on any atom is -0.314 e. The van der Waals surface area contributed by atoms with Gasteiger partial charge in [0.25, 0.3) is 0 Å². The van der Waals surface area contributed by atoms with Gasteiger partial charge in [-0.25, -0.2) is 0 Å². The maximum atomic E-state index is 4.52. The van der Waals surface area contributed by atoms with Gasteiger partial charge >= 0.3 is 0 Å². The molecule has 1 saturated heterocycles. The molecule has 0 unspecified atom stereocenters. The van der Waals surface area contributed by atoms with Gasteiger partial charge in [-0.1, -0.05) is 6.92 Å². The zero-order chi connectivity index (χ0) is 12.5. The van der Waals surface area contributed by atoms with E-state index >= 15 is 0 Å². The number of aryl methyl sites for hydroxylation is 2. The number of hydrogen-bond acceptors (Lipinski definition) is 3. The first-order valence-corrected chi connectivity index (χ1v) is 6.50. The molecule has 2 rings (SSSR count). The van der Waals surface area contributed by atoms with Crippen molar-refractivity contribution in [1.29, 1.82) is 0 Å². The van der Waals surface area contributed by atoms with Crippen molar-refractivity contribution in [2.24, 2.45) is 7.05 Å². The van der Waals surface area contributed by atoms with E-state index in [2.05, 4.69) is 42.3 Å². The van der Waals surface area contributed by atoms with Crippen molar-refractivity contribution in [3.63, 3.8) is 0 Å². The Morgan fingerprint density at radius 2 is 2.24 bits per heavy atom. The third-order valence-electron chi connectivity index (χ3n) is 3.66. The third-order valence-corrected chi connectivity index (χ3v) is 3.66. The fourth-order valence-corrected chi connectivity index (χ4v) is 2.53. The summed E-state index contributed by atoms with van der Waals surface area (Å²) in [5.74, 6) is 0. The van der Waals surface area contributed by atoms with Crippen LogP contribution in [0.4, 0.5) is 0 Å². The Kier molecular flexibility index (Phi) is 3.54. The third kappa shape index (κ3) is 2.69. The summed E-state index contributed by atoms with van der Waals surface area (Å²) in [7, 11) is 2.01. The molecule has 2 heterocycles. The molecule has 0 amide bonds. The first-order chi connectivity index (χ1) is 8.03. The molecule has 0 aromatic carbocycles. The highest BCUT2D eigenvalue weighted by Gasteiger charge is 2.30. The lowest BCUT2D eigenvalue weighted by Crippen LogP contribution is -2.57. The molecule has 0 atom stereocenters. The van der Waals surface area contributed by atoms with E-state index in [4.69, 9.17) is 0 Å². The van der Waals surface area contributed by atoms with Gasteiger partial charge in [0, 0.05) is 50.5 Å². The summed E-state index contributed by atoms with van der Waals surface area (Å²) in [6, 6.07) is 0. The lowest BCUT2D eigenvalue weighted by Gasteiger charge is -2.42. The summed E-state index contributed by atoms with van der Waals surface area (Å²) >= 11 is 0. The van der Waals surface area contributed by atoms with Gasteiger partial charge in [-0.15, -0.1) is 0 Å². The van der Waals surface area contributed by atoms with Crippen molar-refractivity contribution in [3.05, 3.63) is 17.5 Å². The molecule has 0 bridgehead atoms. The van der Waals surface area contributed by atoms with Gasteiger partial charge in [0.05, 0.1) is 5.69 Å². The Morgan fingerprint density at radius 3 is 2.88 bits per heavy atom. The first kappa shape index (κ1) is 12.6. The molecule has 1 aliphatic rings. The van der Waals surface area contributed by atoms with E-state index in [1.165, 1.54) is 11.3 Å². The molecule has 1 aliphatic heterocycles. The SMILES string of the molecule is CCc1nn(C)cc1CN1CCNCC1(C)C. The van der Waals surface area contributed by atoms with Crippen molar-refractivity contribution in [2.45, 2.75) is 39.3 Å². The molecular formula is C13H24N4. The van der Waals surface area contributed by atoms with Crippen LogP contribution in [0.3, 0.4) is 0 Å². The van der Waals surface area contributed by atoms with E-state index in [0.717, 1.165) is 32.6 Å². The second-order valence-corrected chi connectivity index (χ2v) is 5.54. The van der Waals surface area contributed by atoms with Crippen LogP contribution >= 0.6 is 0 Å². The van der Waals surface area contributed by atoms with E-state index in [-0.39, 0.29) is 5.54 Å². The van der Waals surface area contributed by atoms with Gasteiger partial charge in [0.1, 0.15) is 0 Å².